The molecule has 0 saturated carbocycles. The Morgan fingerprint density at radius 1 is 1.39 bits per heavy atom. The van der Waals surface area contributed by atoms with E-state index in [1.54, 1.807) is 0 Å². The van der Waals surface area contributed by atoms with Crippen LogP contribution in [0.1, 0.15) is 22.5 Å². The van der Waals surface area contributed by atoms with Gasteiger partial charge in [-0.3, -0.25) is 5.10 Å². The monoisotopic (exact) mass is 240 g/mol. The van der Waals surface area contributed by atoms with Gasteiger partial charge in [-0.1, -0.05) is 0 Å². The Bertz CT molecular complexity index is 611. The van der Waals surface area contributed by atoms with E-state index in [0.29, 0.717) is 17.3 Å². The number of aromatic amines is 1. The molecule has 6 heteroatoms. The van der Waals surface area contributed by atoms with Crippen molar-refractivity contribution >= 4 is 17.9 Å². The highest BCUT2D eigenvalue weighted by Crippen LogP contribution is 2.21. The molecule has 0 bridgehead atoms. The molecule has 0 aliphatic heterocycles. The van der Waals surface area contributed by atoms with Gasteiger partial charge in [-0.15, -0.1) is 5.10 Å². The van der Waals surface area contributed by atoms with E-state index in [0.717, 1.165) is 23.0 Å². The summed E-state index contributed by atoms with van der Waals surface area (Å²) in [6.07, 6.45) is 1.09. The summed E-state index contributed by atoms with van der Waals surface area (Å²) in [5.41, 5.74) is 3.32. The number of nitriles is 1. The number of aromatic nitrogens is 3. The van der Waals surface area contributed by atoms with Crippen molar-refractivity contribution < 1.29 is 0 Å². The number of hydrogen-bond acceptors (Lipinski definition) is 5. The maximum Gasteiger partial charge on any atom is 0.246 e. The number of rotatable bonds is 3. The fourth-order valence-electron chi connectivity index (χ4n) is 1.74. The molecule has 2 rings (SSSR count). The van der Waals surface area contributed by atoms with Crippen molar-refractivity contribution in [2.45, 2.75) is 13.8 Å². The summed E-state index contributed by atoms with van der Waals surface area (Å²) in [7, 11) is 0. The minimum absolute atomic E-state index is 0.389. The summed E-state index contributed by atoms with van der Waals surface area (Å²) >= 11 is 0. The summed E-state index contributed by atoms with van der Waals surface area (Å²) < 4.78 is 0. The van der Waals surface area contributed by atoms with Crippen LogP contribution in [-0.4, -0.2) is 21.4 Å². The average molecular weight is 240 g/mol. The van der Waals surface area contributed by atoms with Crippen LogP contribution in [-0.2, 0) is 0 Å². The van der Waals surface area contributed by atoms with Crippen molar-refractivity contribution in [3.8, 4) is 6.07 Å². The summed E-state index contributed by atoms with van der Waals surface area (Å²) in [6, 6.07) is 5.91. The topological polar surface area (TPSA) is 101 Å². The zero-order chi connectivity index (χ0) is 13.1. The summed E-state index contributed by atoms with van der Waals surface area (Å²) in [5, 5.41) is 25.6. The molecule has 1 aromatic carbocycles. The molecule has 0 amide bonds. The van der Waals surface area contributed by atoms with Gasteiger partial charge in [-0.25, -0.2) is 0 Å². The Morgan fingerprint density at radius 3 is 2.56 bits per heavy atom. The molecule has 0 atom stereocenters. The van der Waals surface area contributed by atoms with Crippen LogP contribution in [0.25, 0.3) is 0 Å². The Labute approximate surface area is 104 Å². The van der Waals surface area contributed by atoms with E-state index >= 15 is 0 Å². The first-order valence-corrected chi connectivity index (χ1v) is 5.35. The van der Waals surface area contributed by atoms with Crippen LogP contribution in [0.2, 0.25) is 0 Å². The zero-order valence-corrected chi connectivity index (χ0v) is 10.1. The van der Waals surface area contributed by atoms with E-state index in [-0.39, 0.29) is 0 Å². The van der Waals surface area contributed by atoms with Crippen LogP contribution in [0.4, 0.5) is 11.6 Å². The fourth-order valence-corrected chi connectivity index (χ4v) is 1.74. The van der Waals surface area contributed by atoms with Crippen molar-refractivity contribution in [1.29, 1.82) is 10.7 Å². The number of nitrogens with one attached hydrogen (secondary N) is 3. The van der Waals surface area contributed by atoms with Gasteiger partial charge in [0.2, 0.25) is 5.95 Å². The molecule has 0 spiro atoms. The highest BCUT2D eigenvalue weighted by Gasteiger charge is 2.06. The van der Waals surface area contributed by atoms with Gasteiger partial charge in [0, 0.05) is 5.69 Å². The molecule has 1 aromatic heterocycles. The lowest BCUT2D eigenvalue weighted by Crippen LogP contribution is -1.96. The van der Waals surface area contributed by atoms with E-state index in [2.05, 4.69) is 26.6 Å². The van der Waals surface area contributed by atoms with E-state index in [1.165, 1.54) is 0 Å². The van der Waals surface area contributed by atoms with Crippen LogP contribution in [0.3, 0.4) is 0 Å². The molecule has 0 aliphatic rings. The first-order valence-electron chi connectivity index (χ1n) is 5.35. The Morgan fingerprint density at radius 2 is 2.06 bits per heavy atom. The lowest BCUT2D eigenvalue weighted by atomic mass is 10.0. The summed E-state index contributed by atoms with van der Waals surface area (Å²) in [6.45, 7) is 3.77. The molecule has 6 nitrogen and oxygen atoms in total. The third-order valence-electron chi connectivity index (χ3n) is 2.54. The fraction of sp³-hybridized carbons (Fsp3) is 0.167. The largest absolute Gasteiger partial charge is 0.323 e. The van der Waals surface area contributed by atoms with Crippen LogP contribution in [0.5, 0.6) is 0 Å². The van der Waals surface area contributed by atoms with Gasteiger partial charge in [-0.2, -0.15) is 10.2 Å². The van der Waals surface area contributed by atoms with Crippen molar-refractivity contribution in [3.63, 3.8) is 0 Å². The molecule has 0 unspecified atom stereocenters. The smallest absolute Gasteiger partial charge is 0.246 e. The lowest BCUT2D eigenvalue weighted by Gasteiger charge is -2.07. The first-order chi connectivity index (χ1) is 8.63. The van der Waals surface area contributed by atoms with Gasteiger partial charge in [0.05, 0.1) is 17.8 Å². The summed E-state index contributed by atoms with van der Waals surface area (Å²) in [5.74, 6) is 0.789. The second kappa shape index (κ2) is 4.67. The van der Waals surface area contributed by atoms with Crippen LogP contribution >= 0.6 is 0 Å². The molecular weight excluding hydrogens is 228 g/mol. The van der Waals surface area contributed by atoms with Gasteiger partial charge < -0.3 is 10.7 Å². The molecular formula is C12H12N6. The van der Waals surface area contributed by atoms with Crippen molar-refractivity contribution in [1.82, 2.24) is 15.2 Å². The third-order valence-corrected chi connectivity index (χ3v) is 2.54. The number of aryl methyl sites for hydroxylation is 2. The first kappa shape index (κ1) is 11.8. The number of nitrogens with zero attached hydrogens (tertiary/aromatic N) is 3. The minimum Gasteiger partial charge on any atom is -0.323 e. The van der Waals surface area contributed by atoms with Crippen molar-refractivity contribution in [2.24, 2.45) is 0 Å². The van der Waals surface area contributed by atoms with Crippen LogP contribution in [0.15, 0.2) is 12.1 Å². The van der Waals surface area contributed by atoms with Gasteiger partial charge in [-0.05, 0) is 37.1 Å². The Balaban J connectivity index is 2.30. The Hall–Kier alpha value is -2.68. The molecule has 0 fully saturated rings. The third kappa shape index (κ3) is 2.20. The predicted molar refractivity (Wildman–Crippen MR) is 68.2 cm³/mol. The highest BCUT2D eigenvalue weighted by atomic mass is 15.3. The lowest BCUT2D eigenvalue weighted by molar-refractivity contribution is 1.08. The molecule has 0 aliphatic carbocycles. The van der Waals surface area contributed by atoms with E-state index in [4.69, 9.17) is 10.7 Å². The maximum absolute atomic E-state index is 8.99. The molecule has 1 heterocycles. The molecule has 0 radical (unpaired) electrons. The number of benzene rings is 1. The molecule has 90 valence electrons. The van der Waals surface area contributed by atoms with E-state index < -0.39 is 0 Å². The molecule has 18 heavy (non-hydrogen) atoms. The van der Waals surface area contributed by atoms with E-state index in [9.17, 15) is 0 Å². The second-order valence-corrected chi connectivity index (χ2v) is 3.91. The number of hydrogen-bond donors (Lipinski definition) is 3. The summed E-state index contributed by atoms with van der Waals surface area (Å²) in [4.78, 5) is 4.04. The number of anilines is 2. The minimum atomic E-state index is 0.389. The van der Waals surface area contributed by atoms with Crippen LogP contribution < -0.4 is 5.32 Å². The molecule has 2 aromatic rings. The zero-order valence-electron chi connectivity index (χ0n) is 10.1. The standard InChI is InChI=1S/C12H12N6/c1-7-3-9(4-8(2)10(7)5-13)15-12-16-11(6-14)17-18-12/h3-4,6,14H,1-2H3,(H2,15,16,17,18). The molecule has 0 saturated heterocycles. The normalized spacial score (nSPS) is 9.83. The molecule has 3 N–H and O–H groups in total. The van der Waals surface area contributed by atoms with Gasteiger partial charge in [0.1, 0.15) is 0 Å². The average Bonchev–Trinajstić information content (AvgIpc) is 2.76. The van der Waals surface area contributed by atoms with Crippen molar-refractivity contribution in [3.05, 3.63) is 34.6 Å². The number of H-pyrrole nitrogens is 1. The Kier molecular flexibility index (Phi) is 3.06. The SMILES string of the molecule is Cc1cc(Nc2n[nH]c(C=N)n2)cc(C)c1C#N. The quantitative estimate of drug-likeness (QED) is 0.714. The second-order valence-electron chi connectivity index (χ2n) is 3.91. The van der Waals surface area contributed by atoms with Crippen molar-refractivity contribution in [2.75, 3.05) is 5.32 Å². The maximum atomic E-state index is 8.99. The highest BCUT2D eigenvalue weighted by molar-refractivity contribution is 5.72. The van der Waals surface area contributed by atoms with Gasteiger partial charge >= 0.3 is 0 Å². The van der Waals surface area contributed by atoms with Gasteiger partial charge in [0.15, 0.2) is 5.82 Å². The van der Waals surface area contributed by atoms with E-state index in [1.807, 2.05) is 26.0 Å². The predicted octanol–water partition coefficient (Wildman–Crippen LogP) is 2.03. The van der Waals surface area contributed by atoms with Gasteiger partial charge in [0.25, 0.3) is 0 Å². The van der Waals surface area contributed by atoms with Crippen LogP contribution in [0, 0.1) is 30.6 Å².